The summed E-state index contributed by atoms with van der Waals surface area (Å²) < 4.78 is 5.73. The summed E-state index contributed by atoms with van der Waals surface area (Å²) in [6.45, 7) is 4.13. The minimum atomic E-state index is 0.929. The summed E-state index contributed by atoms with van der Waals surface area (Å²) >= 11 is 0. The van der Waals surface area contributed by atoms with Crippen LogP contribution in [0.5, 0.6) is 0 Å². The van der Waals surface area contributed by atoms with E-state index in [-0.39, 0.29) is 0 Å². The average molecular weight is 215 g/mol. The van der Waals surface area contributed by atoms with E-state index in [1.165, 1.54) is 23.8 Å². The number of para-hydroxylation sites is 1. The Labute approximate surface area is 95.6 Å². The third-order valence-electron chi connectivity index (χ3n) is 3.33. The van der Waals surface area contributed by atoms with Gasteiger partial charge in [-0.05, 0) is 38.3 Å². The van der Waals surface area contributed by atoms with Gasteiger partial charge in [-0.3, -0.25) is 0 Å². The molecule has 0 aliphatic heterocycles. The number of nitrogens with one attached hydrogen (secondary N) is 1. The number of benzene rings is 1. The largest absolute Gasteiger partial charge is 0.461 e. The third kappa shape index (κ3) is 1.85. The molecule has 2 aromatic rings. The van der Waals surface area contributed by atoms with E-state index in [1.807, 2.05) is 19.1 Å². The van der Waals surface area contributed by atoms with Crippen molar-refractivity contribution in [3.8, 4) is 0 Å². The molecule has 1 N–H and O–H groups in total. The molecule has 3 rings (SSSR count). The van der Waals surface area contributed by atoms with E-state index in [0.717, 1.165) is 30.4 Å². The van der Waals surface area contributed by atoms with Gasteiger partial charge in [-0.15, -0.1) is 0 Å². The molecule has 1 fully saturated rings. The molecule has 84 valence electrons. The second kappa shape index (κ2) is 3.95. The third-order valence-corrected chi connectivity index (χ3v) is 3.33. The van der Waals surface area contributed by atoms with Crippen LogP contribution in [0.1, 0.15) is 24.2 Å². The van der Waals surface area contributed by atoms with Crippen LogP contribution in [0.3, 0.4) is 0 Å². The lowest BCUT2D eigenvalue weighted by atomic mass is 10.1. The van der Waals surface area contributed by atoms with E-state index in [9.17, 15) is 0 Å². The molecule has 0 atom stereocenters. The number of rotatable bonds is 4. The molecular formula is C14H17NO. The van der Waals surface area contributed by atoms with Crippen molar-refractivity contribution in [3.05, 3.63) is 35.6 Å². The van der Waals surface area contributed by atoms with Gasteiger partial charge in [-0.1, -0.05) is 18.2 Å². The van der Waals surface area contributed by atoms with Crippen molar-refractivity contribution in [2.45, 2.75) is 26.3 Å². The molecule has 0 saturated heterocycles. The van der Waals surface area contributed by atoms with Gasteiger partial charge in [0.25, 0.3) is 0 Å². The molecule has 2 heteroatoms. The van der Waals surface area contributed by atoms with Gasteiger partial charge in [0.2, 0.25) is 0 Å². The van der Waals surface area contributed by atoms with E-state index in [0.29, 0.717) is 0 Å². The van der Waals surface area contributed by atoms with Crippen LogP contribution < -0.4 is 5.32 Å². The Morgan fingerprint density at radius 3 is 2.94 bits per heavy atom. The fourth-order valence-corrected chi connectivity index (χ4v) is 2.16. The molecule has 1 aliphatic carbocycles. The Morgan fingerprint density at radius 1 is 1.31 bits per heavy atom. The summed E-state index contributed by atoms with van der Waals surface area (Å²) in [5.41, 5.74) is 2.32. The van der Waals surface area contributed by atoms with Crippen LogP contribution in [0.4, 0.5) is 0 Å². The maximum Gasteiger partial charge on any atom is 0.134 e. The Balaban J connectivity index is 1.80. The molecule has 1 aromatic heterocycles. The van der Waals surface area contributed by atoms with E-state index in [2.05, 4.69) is 17.4 Å². The highest BCUT2D eigenvalue weighted by molar-refractivity contribution is 5.82. The first-order valence-electron chi connectivity index (χ1n) is 6.02. The molecule has 0 spiro atoms. The van der Waals surface area contributed by atoms with Crippen LogP contribution in [-0.4, -0.2) is 6.54 Å². The standard InChI is InChI=1S/C14H17NO/c1-10-13(9-15-8-11-6-7-11)12-4-2-3-5-14(12)16-10/h2-5,11,15H,6-9H2,1H3. The maximum atomic E-state index is 5.73. The summed E-state index contributed by atoms with van der Waals surface area (Å²) in [5, 5.41) is 4.78. The molecule has 16 heavy (non-hydrogen) atoms. The lowest BCUT2D eigenvalue weighted by Gasteiger charge is -2.02. The van der Waals surface area contributed by atoms with E-state index >= 15 is 0 Å². The van der Waals surface area contributed by atoms with Gasteiger partial charge in [0.05, 0.1) is 0 Å². The normalized spacial score (nSPS) is 15.8. The van der Waals surface area contributed by atoms with Crippen LogP contribution in [0.2, 0.25) is 0 Å². The van der Waals surface area contributed by atoms with Crippen molar-refractivity contribution < 1.29 is 4.42 Å². The van der Waals surface area contributed by atoms with Gasteiger partial charge in [-0.2, -0.15) is 0 Å². The van der Waals surface area contributed by atoms with Crippen LogP contribution in [0.25, 0.3) is 11.0 Å². The van der Waals surface area contributed by atoms with Crippen molar-refractivity contribution in [1.29, 1.82) is 0 Å². The van der Waals surface area contributed by atoms with E-state index < -0.39 is 0 Å². The molecule has 0 radical (unpaired) electrons. The van der Waals surface area contributed by atoms with Gasteiger partial charge in [-0.25, -0.2) is 0 Å². The van der Waals surface area contributed by atoms with Gasteiger partial charge >= 0.3 is 0 Å². The highest BCUT2D eigenvalue weighted by Crippen LogP contribution is 2.28. The van der Waals surface area contributed by atoms with Gasteiger partial charge in [0, 0.05) is 17.5 Å². The molecule has 1 heterocycles. The zero-order valence-electron chi connectivity index (χ0n) is 9.62. The van der Waals surface area contributed by atoms with Gasteiger partial charge < -0.3 is 9.73 Å². The monoisotopic (exact) mass is 215 g/mol. The Hall–Kier alpha value is -1.28. The number of aryl methyl sites for hydroxylation is 1. The highest BCUT2D eigenvalue weighted by atomic mass is 16.3. The zero-order chi connectivity index (χ0) is 11.0. The fourth-order valence-electron chi connectivity index (χ4n) is 2.16. The molecule has 1 aliphatic rings. The predicted octanol–water partition coefficient (Wildman–Crippen LogP) is 3.24. The first-order valence-corrected chi connectivity index (χ1v) is 6.02. The Morgan fingerprint density at radius 2 is 2.12 bits per heavy atom. The molecule has 0 amide bonds. The summed E-state index contributed by atoms with van der Waals surface area (Å²) in [6.07, 6.45) is 2.80. The van der Waals surface area contributed by atoms with Crippen LogP contribution >= 0.6 is 0 Å². The first kappa shape index (κ1) is 9.91. The molecule has 0 bridgehead atoms. The molecular weight excluding hydrogens is 198 g/mol. The average Bonchev–Trinajstić information content (AvgIpc) is 3.04. The smallest absolute Gasteiger partial charge is 0.134 e. The fraction of sp³-hybridized carbons (Fsp3) is 0.429. The number of fused-ring (bicyclic) bond motifs is 1. The second-order valence-corrected chi connectivity index (χ2v) is 4.71. The highest BCUT2D eigenvalue weighted by Gasteiger charge is 2.20. The van der Waals surface area contributed by atoms with Crippen LogP contribution in [0.15, 0.2) is 28.7 Å². The molecule has 1 aromatic carbocycles. The zero-order valence-corrected chi connectivity index (χ0v) is 9.62. The first-order chi connectivity index (χ1) is 7.84. The molecule has 0 unspecified atom stereocenters. The maximum absolute atomic E-state index is 5.73. The van der Waals surface area contributed by atoms with E-state index in [1.54, 1.807) is 0 Å². The minimum absolute atomic E-state index is 0.929. The van der Waals surface area contributed by atoms with Crippen LogP contribution in [0, 0.1) is 12.8 Å². The lowest BCUT2D eigenvalue weighted by Crippen LogP contribution is -2.16. The second-order valence-electron chi connectivity index (χ2n) is 4.71. The predicted molar refractivity (Wildman–Crippen MR) is 65.4 cm³/mol. The van der Waals surface area contributed by atoms with Crippen molar-refractivity contribution in [3.63, 3.8) is 0 Å². The summed E-state index contributed by atoms with van der Waals surface area (Å²) in [7, 11) is 0. The van der Waals surface area contributed by atoms with Crippen molar-refractivity contribution in [1.82, 2.24) is 5.32 Å². The summed E-state index contributed by atoms with van der Waals surface area (Å²) in [6, 6.07) is 8.26. The minimum Gasteiger partial charge on any atom is -0.461 e. The van der Waals surface area contributed by atoms with Crippen molar-refractivity contribution in [2.75, 3.05) is 6.54 Å². The van der Waals surface area contributed by atoms with Gasteiger partial charge in [0.1, 0.15) is 11.3 Å². The molecule has 2 nitrogen and oxygen atoms in total. The number of hydrogen-bond donors (Lipinski definition) is 1. The lowest BCUT2D eigenvalue weighted by molar-refractivity contribution is 0.562. The van der Waals surface area contributed by atoms with Crippen molar-refractivity contribution >= 4 is 11.0 Å². The van der Waals surface area contributed by atoms with Crippen molar-refractivity contribution in [2.24, 2.45) is 5.92 Å². The summed E-state index contributed by atoms with van der Waals surface area (Å²) in [5.74, 6) is 1.97. The quantitative estimate of drug-likeness (QED) is 0.847. The van der Waals surface area contributed by atoms with Gasteiger partial charge in [0.15, 0.2) is 0 Å². The Bertz CT molecular complexity index is 496. The Kier molecular flexibility index (Phi) is 2.44. The SMILES string of the molecule is Cc1oc2ccccc2c1CNCC1CC1. The summed E-state index contributed by atoms with van der Waals surface area (Å²) in [4.78, 5) is 0. The number of hydrogen-bond acceptors (Lipinski definition) is 2. The van der Waals surface area contributed by atoms with E-state index in [4.69, 9.17) is 4.42 Å². The topological polar surface area (TPSA) is 25.2 Å². The molecule has 1 saturated carbocycles. The van der Waals surface area contributed by atoms with Crippen LogP contribution in [-0.2, 0) is 6.54 Å². The number of furan rings is 1.